The molecule has 0 amide bonds. The highest BCUT2D eigenvalue weighted by Gasteiger charge is 2.30. The van der Waals surface area contributed by atoms with Crippen molar-refractivity contribution in [1.29, 1.82) is 0 Å². The standard InChI is InChI=1S/C18H17F3N2O2S/c1-23(17-22-15-4-2-3-5-16(15)26-17)10-13(24)11-25-14-8-6-12(7-9-14)18(19,20)21/h2-9,13,24H,10-11H2,1H3/t13-/m1/s1. The van der Waals surface area contributed by atoms with E-state index in [1.54, 1.807) is 0 Å². The second-order valence-corrected chi connectivity index (χ2v) is 6.84. The van der Waals surface area contributed by atoms with Gasteiger partial charge in [-0.2, -0.15) is 13.2 Å². The number of halogens is 3. The van der Waals surface area contributed by atoms with Gasteiger partial charge in [-0.25, -0.2) is 4.98 Å². The van der Waals surface area contributed by atoms with Crippen LogP contribution in [0.15, 0.2) is 48.5 Å². The van der Waals surface area contributed by atoms with Crippen LogP contribution in [0, 0.1) is 0 Å². The zero-order valence-corrected chi connectivity index (χ0v) is 14.7. The molecule has 1 aromatic heterocycles. The number of benzene rings is 2. The number of hydrogen-bond acceptors (Lipinski definition) is 5. The monoisotopic (exact) mass is 382 g/mol. The fourth-order valence-corrected chi connectivity index (χ4v) is 3.34. The maximum absolute atomic E-state index is 12.5. The van der Waals surface area contributed by atoms with Crippen LogP contribution in [0.5, 0.6) is 5.75 Å². The molecule has 0 aliphatic heterocycles. The van der Waals surface area contributed by atoms with E-state index < -0.39 is 17.8 Å². The first-order chi connectivity index (χ1) is 12.3. The largest absolute Gasteiger partial charge is 0.491 e. The number of para-hydroxylation sites is 1. The van der Waals surface area contributed by atoms with Gasteiger partial charge in [-0.15, -0.1) is 0 Å². The van der Waals surface area contributed by atoms with Crippen LogP contribution in [-0.4, -0.2) is 36.4 Å². The fraction of sp³-hybridized carbons (Fsp3) is 0.278. The molecular weight excluding hydrogens is 365 g/mol. The summed E-state index contributed by atoms with van der Waals surface area (Å²) in [6.45, 7) is 0.265. The van der Waals surface area contributed by atoms with E-state index in [-0.39, 0.29) is 12.4 Å². The van der Waals surface area contributed by atoms with Crippen molar-refractivity contribution in [3.05, 3.63) is 54.1 Å². The molecule has 8 heteroatoms. The van der Waals surface area contributed by atoms with Crippen LogP contribution in [0.3, 0.4) is 0 Å². The average Bonchev–Trinajstić information content (AvgIpc) is 3.04. The van der Waals surface area contributed by atoms with Gasteiger partial charge in [0.15, 0.2) is 5.13 Å². The molecule has 1 atom stereocenters. The van der Waals surface area contributed by atoms with Gasteiger partial charge in [-0.1, -0.05) is 23.5 Å². The highest BCUT2D eigenvalue weighted by molar-refractivity contribution is 7.22. The van der Waals surface area contributed by atoms with Crippen LogP contribution in [-0.2, 0) is 6.18 Å². The smallest absolute Gasteiger partial charge is 0.416 e. The molecule has 1 N–H and O–H groups in total. The number of anilines is 1. The SMILES string of the molecule is CN(C[C@@H](O)COc1ccc(C(F)(F)F)cc1)c1nc2ccccc2s1. The zero-order chi connectivity index (χ0) is 18.7. The summed E-state index contributed by atoms with van der Waals surface area (Å²) < 4.78 is 44.0. The van der Waals surface area contributed by atoms with Crippen LogP contribution in [0.1, 0.15) is 5.56 Å². The third-order valence-corrected chi connectivity index (χ3v) is 4.87. The van der Waals surface area contributed by atoms with Crippen molar-refractivity contribution in [3.8, 4) is 5.75 Å². The maximum Gasteiger partial charge on any atom is 0.416 e. The molecule has 4 nitrogen and oxygen atoms in total. The van der Waals surface area contributed by atoms with E-state index >= 15 is 0 Å². The normalized spacial score (nSPS) is 13.0. The van der Waals surface area contributed by atoms with Crippen LogP contribution >= 0.6 is 11.3 Å². The Balaban J connectivity index is 1.54. The molecule has 0 bridgehead atoms. The molecule has 26 heavy (non-hydrogen) atoms. The number of thiazole rings is 1. The molecule has 3 rings (SSSR count). The lowest BCUT2D eigenvalue weighted by molar-refractivity contribution is -0.137. The molecule has 0 radical (unpaired) electrons. The van der Waals surface area contributed by atoms with E-state index in [4.69, 9.17) is 4.74 Å². The van der Waals surface area contributed by atoms with Crippen molar-refractivity contribution in [2.75, 3.05) is 25.1 Å². The van der Waals surface area contributed by atoms with Crippen LogP contribution < -0.4 is 9.64 Å². The lowest BCUT2D eigenvalue weighted by Gasteiger charge is -2.20. The average molecular weight is 382 g/mol. The van der Waals surface area contributed by atoms with Crippen molar-refractivity contribution in [2.45, 2.75) is 12.3 Å². The summed E-state index contributed by atoms with van der Waals surface area (Å²) in [5.74, 6) is 0.277. The first kappa shape index (κ1) is 18.5. The van der Waals surface area contributed by atoms with Crippen molar-refractivity contribution < 1.29 is 23.0 Å². The number of hydrogen-bond donors (Lipinski definition) is 1. The van der Waals surface area contributed by atoms with Gasteiger partial charge in [-0.3, -0.25) is 0 Å². The number of nitrogens with zero attached hydrogens (tertiary/aromatic N) is 2. The predicted octanol–water partition coefficient (Wildman–Crippen LogP) is 4.19. The minimum absolute atomic E-state index is 0.0272. The quantitative estimate of drug-likeness (QED) is 0.694. The van der Waals surface area contributed by atoms with Gasteiger partial charge in [0.05, 0.1) is 15.8 Å². The summed E-state index contributed by atoms with van der Waals surface area (Å²) in [7, 11) is 1.82. The summed E-state index contributed by atoms with van der Waals surface area (Å²) in [6.07, 6.45) is -5.19. The van der Waals surface area contributed by atoms with Gasteiger partial charge in [0.2, 0.25) is 0 Å². The minimum atomic E-state index is -4.38. The van der Waals surface area contributed by atoms with Crippen LogP contribution in [0.4, 0.5) is 18.3 Å². The van der Waals surface area contributed by atoms with E-state index in [1.165, 1.54) is 23.5 Å². The van der Waals surface area contributed by atoms with Gasteiger partial charge < -0.3 is 14.7 Å². The predicted molar refractivity (Wildman–Crippen MR) is 95.8 cm³/mol. The number of rotatable bonds is 6. The van der Waals surface area contributed by atoms with Crippen molar-refractivity contribution in [3.63, 3.8) is 0 Å². The molecule has 1 heterocycles. The van der Waals surface area contributed by atoms with E-state index in [2.05, 4.69) is 4.98 Å². The van der Waals surface area contributed by atoms with E-state index in [1.807, 2.05) is 36.2 Å². The fourth-order valence-electron chi connectivity index (χ4n) is 2.40. The highest BCUT2D eigenvalue weighted by atomic mass is 32.1. The van der Waals surface area contributed by atoms with Gasteiger partial charge in [0.1, 0.15) is 18.5 Å². The molecule has 3 aromatic rings. The summed E-state index contributed by atoms with van der Waals surface area (Å²) >= 11 is 1.52. The number of aromatic nitrogens is 1. The first-order valence-corrected chi connectivity index (χ1v) is 8.69. The summed E-state index contributed by atoms with van der Waals surface area (Å²) in [5, 5.41) is 10.9. The Bertz CT molecular complexity index is 832. The number of alkyl halides is 3. The van der Waals surface area contributed by atoms with Crippen molar-refractivity contribution in [1.82, 2.24) is 4.98 Å². The Morgan fingerprint density at radius 3 is 2.50 bits per heavy atom. The summed E-state index contributed by atoms with van der Waals surface area (Å²) in [6, 6.07) is 12.2. The van der Waals surface area contributed by atoms with Crippen LogP contribution in [0.2, 0.25) is 0 Å². The molecule has 0 unspecified atom stereocenters. The number of fused-ring (bicyclic) bond motifs is 1. The molecule has 0 aliphatic rings. The van der Waals surface area contributed by atoms with Crippen molar-refractivity contribution in [2.24, 2.45) is 0 Å². The summed E-state index contributed by atoms with van der Waals surface area (Å²) in [4.78, 5) is 6.33. The highest BCUT2D eigenvalue weighted by Crippen LogP contribution is 2.30. The molecular formula is C18H17F3N2O2S. The zero-order valence-electron chi connectivity index (χ0n) is 13.9. The van der Waals surface area contributed by atoms with E-state index in [0.29, 0.717) is 6.54 Å². The number of aliphatic hydroxyl groups is 1. The molecule has 0 aliphatic carbocycles. The van der Waals surface area contributed by atoms with E-state index in [9.17, 15) is 18.3 Å². The van der Waals surface area contributed by atoms with Gasteiger partial charge >= 0.3 is 6.18 Å². The lowest BCUT2D eigenvalue weighted by Crippen LogP contribution is -2.33. The minimum Gasteiger partial charge on any atom is -0.491 e. The Morgan fingerprint density at radius 1 is 1.15 bits per heavy atom. The van der Waals surface area contributed by atoms with E-state index in [0.717, 1.165) is 27.5 Å². The molecule has 0 saturated heterocycles. The number of likely N-dealkylation sites (N-methyl/N-ethyl adjacent to an activating group) is 1. The second-order valence-electron chi connectivity index (χ2n) is 5.83. The number of ether oxygens (including phenoxy) is 1. The maximum atomic E-state index is 12.5. The molecule has 0 saturated carbocycles. The second kappa shape index (κ2) is 7.51. The van der Waals surface area contributed by atoms with Crippen LogP contribution in [0.25, 0.3) is 10.2 Å². The topological polar surface area (TPSA) is 45.6 Å². The van der Waals surface area contributed by atoms with Gasteiger partial charge in [0, 0.05) is 13.6 Å². The Hall–Kier alpha value is -2.32. The lowest BCUT2D eigenvalue weighted by atomic mass is 10.2. The third kappa shape index (κ3) is 4.44. The Kier molecular flexibility index (Phi) is 5.33. The molecule has 138 valence electrons. The Morgan fingerprint density at radius 2 is 1.85 bits per heavy atom. The molecule has 0 fully saturated rings. The van der Waals surface area contributed by atoms with Crippen molar-refractivity contribution >= 4 is 26.7 Å². The van der Waals surface area contributed by atoms with Gasteiger partial charge in [0.25, 0.3) is 0 Å². The molecule has 2 aromatic carbocycles. The molecule has 0 spiro atoms. The first-order valence-electron chi connectivity index (χ1n) is 7.88. The van der Waals surface area contributed by atoms with Gasteiger partial charge in [-0.05, 0) is 36.4 Å². The number of aliphatic hydroxyl groups excluding tert-OH is 1. The Labute approximate surface area is 152 Å². The summed E-state index contributed by atoms with van der Waals surface area (Å²) in [5.41, 5.74) is 0.163. The third-order valence-electron chi connectivity index (χ3n) is 3.72.